The number of hydrogen-bond donors (Lipinski definition) is 0. The van der Waals surface area contributed by atoms with E-state index < -0.39 is 0 Å². The van der Waals surface area contributed by atoms with Crippen molar-refractivity contribution in [3.8, 4) is 0 Å². The van der Waals surface area contributed by atoms with E-state index in [4.69, 9.17) is 11.6 Å². The highest BCUT2D eigenvalue weighted by Gasteiger charge is 2.21. The van der Waals surface area contributed by atoms with Crippen molar-refractivity contribution in [2.75, 3.05) is 26.2 Å². The Morgan fingerprint density at radius 1 is 1.22 bits per heavy atom. The number of rotatable bonds is 0. The van der Waals surface area contributed by atoms with Crippen LogP contribution in [0.15, 0.2) is 12.4 Å². The highest BCUT2D eigenvalue weighted by molar-refractivity contribution is 6.30. The highest BCUT2D eigenvalue weighted by Crippen LogP contribution is 2.09. The molecule has 0 aliphatic carbocycles. The summed E-state index contributed by atoms with van der Waals surface area (Å²) in [6.07, 6.45) is 3.69. The highest BCUT2D eigenvalue weighted by atomic mass is 35.5. The van der Waals surface area contributed by atoms with Crippen LogP contribution in [0.5, 0.6) is 0 Å². The maximum Gasteiger partial charge on any atom is 0.344 e. The summed E-state index contributed by atoms with van der Waals surface area (Å²) in [6.45, 7) is 3.95. The molecule has 0 saturated carbocycles. The lowest BCUT2D eigenvalue weighted by Gasteiger charge is -2.20. The van der Waals surface area contributed by atoms with Crippen molar-refractivity contribution in [1.82, 2.24) is 19.6 Å². The van der Waals surface area contributed by atoms with Gasteiger partial charge in [0.25, 0.3) is 0 Å². The molecule has 1 fully saturated rings. The van der Waals surface area contributed by atoms with Crippen LogP contribution in [-0.2, 0) is 4.79 Å². The average molecular weight is 271 g/mol. The van der Waals surface area contributed by atoms with Crippen molar-refractivity contribution in [3.05, 3.63) is 17.4 Å². The monoisotopic (exact) mass is 270 g/mol. The summed E-state index contributed by atoms with van der Waals surface area (Å²) >= 11 is 5.73. The Bertz CT molecular complexity index is 460. The molecule has 98 valence electrons. The van der Waals surface area contributed by atoms with Crippen molar-refractivity contribution in [2.24, 2.45) is 0 Å². The molecular weight excluding hydrogens is 256 g/mol. The van der Waals surface area contributed by atoms with Gasteiger partial charge >= 0.3 is 6.03 Å². The van der Waals surface area contributed by atoms with E-state index in [2.05, 4.69) is 5.10 Å². The van der Waals surface area contributed by atoms with Crippen molar-refractivity contribution < 1.29 is 9.59 Å². The van der Waals surface area contributed by atoms with Gasteiger partial charge in [-0.2, -0.15) is 9.78 Å². The third kappa shape index (κ3) is 2.81. The van der Waals surface area contributed by atoms with E-state index in [9.17, 15) is 9.59 Å². The molecule has 0 bridgehead atoms. The summed E-state index contributed by atoms with van der Waals surface area (Å²) in [6, 6.07) is -0.202. The Balaban J connectivity index is 2.02. The maximum atomic E-state index is 12.1. The lowest BCUT2D eigenvalue weighted by Crippen LogP contribution is -2.38. The first-order valence-corrected chi connectivity index (χ1v) is 6.20. The molecule has 2 heterocycles. The second-order valence-corrected chi connectivity index (χ2v) is 4.67. The molecule has 0 radical (unpaired) electrons. The molecule has 0 spiro atoms. The molecule has 2 rings (SSSR count). The minimum atomic E-state index is -0.202. The molecule has 1 saturated heterocycles. The van der Waals surface area contributed by atoms with Crippen LogP contribution in [0.4, 0.5) is 4.79 Å². The van der Waals surface area contributed by atoms with Gasteiger partial charge in [0.15, 0.2) is 0 Å². The van der Waals surface area contributed by atoms with Crippen LogP contribution < -0.4 is 0 Å². The lowest BCUT2D eigenvalue weighted by molar-refractivity contribution is -0.128. The summed E-state index contributed by atoms with van der Waals surface area (Å²) in [5.74, 6) is 0.0476. The number of amides is 2. The molecule has 1 aliphatic heterocycles. The Kier molecular flexibility index (Phi) is 3.86. The molecule has 1 aromatic rings. The molecule has 0 aromatic carbocycles. The summed E-state index contributed by atoms with van der Waals surface area (Å²) in [7, 11) is 0. The van der Waals surface area contributed by atoms with Gasteiger partial charge in [0, 0.05) is 33.1 Å². The summed E-state index contributed by atoms with van der Waals surface area (Å²) < 4.78 is 1.23. The SMILES string of the molecule is CC(=O)N1CCCN(C(=O)n2cc(Cl)cn2)CC1. The fraction of sp³-hybridized carbons (Fsp3) is 0.545. The summed E-state index contributed by atoms with van der Waals surface area (Å²) in [5, 5.41) is 4.32. The fourth-order valence-electron chi connectivity index (χ4n) is 1.97. The first kappa shape index (κ1) is 12.9. The second-order valence-electron chi connectivity index (χ2n) is 4.23. The molecule has 1 aromatic heterocycles. The number of aromatic nitrogens is 2. The van der Waals surface area contributed by atoms with E-state index in [0.717, 1.165) is 6.42 Å². The van der Waals surface area contributed by atoms with E-state index in [1.807, 2.05) is 0 Å². The van der Waals surface area contributed by atoms with Gasteiger partial charge in [-0.1, -0.05) is 11.6 Å². The lowest BCUT2D eigenvalue weighted by atomic mass is 10.4. The van der Waals surface area contributed by atoms with E-state index in [-0.39, 0.29) is 11.9 Å². The van der Waals surface area contributed by atoms with Crippen LogP contribution in [0.3, 0.4) is 0 Å². The van der Waals surface area contributed by atoms with E-state index in [1.165, 1.54) is 17.1 Å². The van der Waals surface area contributed by atoms with E-state index in [1.54, 1.807) is 16.7 Å². The molecule has 0 unspecified atom stereocenters. The average Bonchev–Trinajstić information content (AvgIpc) is 2.63. The van der Waals surface area contributed by atoms with Crippen LogP contribution in [0, 0.1) is 0 Å². The summed E-state index contributed by atoms with van der Waals surface area (Å²) in [5.41, 5.74) is 0. The number of carbonyl (C=O) groups is 2. The predicted molar refractivity (Wildman–Crippen MR) is 66.5 cm³/mol. The molecule has 7 heteroatoms. The number of nitrogens with zero attached hydrogens (tertiary/aromatic N) is 4. The van der Waals surface area contributed by atoms with Crippen LogP contribution in [0.2, 0.25) is 5.02 Å². The molecule has 1 aliphatic rings. The van der Waals surface area contributed by atoms with Crippen LogP contribution >= 0.6 is 11.6 Å². The van der Waals surface area contributed by atoms with E-state index >= 15 is 0 Å². The number of halogens is 1. The first-order valence-electron chi connectivity index (χ1n) is 5.83. The van der Waals surface area contributed by atoms with Crippen molar-refractivity contribution in [3.63, 3.8) is 0 Å². The van der Waals surface area contributed by atoms with Crippen molar-refractivity contribution in [1.29, 1.82) is 0 Å². The van der Waals surface area contributed by atoms with Gasteiger partial charge in [-0.25, -0.2) is 4.79 Å². The minimum absolute atomic E-state index is 0.0476. The Labute approximate surface area is 110 Å². The normalized spacial score (nSPS) is 16.6. The molecule has 18 heavy (non-hydrogen) atoms. The number of hydrogen-bond acceptors (Lipinski definition) is 3. The molecule has 6 nitrogen and oxygen atoms in total. The van der Waals surface area contributed by atoms with Crippen LogP contribution in [0.1, 0.15) is 13.3 Å². The van der Waals surface area contributed by atoms with Crippen LogP contribution in [0.25, 0.3) is 0 Å². The molecule has 2 amide bonds. The Morgan fingerprint density at radius 3 is 2.50 bits per heavy atom. The Morgan fingerprint density at radius 2 is 1.89 bits per heavy atom. The van der Waals surface area contributed by atoms with Crippen molar-refractivity contribution >= 4 is 23.5 Å². The topological polar surface area (TPSA) is 58.4 Å². The summed E-state index contributed by atoms with van der Waals surface area (Å²) in [4.78, 5) is 26.8. The largest absolute Gasteiger partial charge is 0.344 e. The zero-order valence-electron chi connectivity index (χ0n) is 10.2. The zero-order valence-corrected chi connectivity index (χ0v) is 10.9. The Hall–Kier alpha value is -1.56. The quantitative estimate of drug-likeness (QED) is 0.708. The maximum absolute atomic E-state index is 12.1. The van der Waals surface area contributed by atoms with Crippen LogP contribution in [-0.4, -0.2) is 57.7 Å². The smallest absolute Gasteiger partial charge is 0.341 e. The first-order chi connectivity index (χ1) is 8.58. The molecule has 0 atom stereocenters. The third-order valence-electron chi connectivity index (χ3n) is 2.96. The van der Waals surface area contributed by atoms with Crippen molar-refractivity contribution in [2.45, 2.75) is 13.3 Å². The van der Waals surface area contributed by atoms with Gasteiger partial charge in [0.2, 0.25) is 5.91 Å². The zero-order chi connectivity index (χ0) is 13.1. The van der Waals surface area contributed by atoms with Gasteiger partial charge in [0.1, 0.15) is 0 Å². The van der Waals surface area contributed by atoms with E-state index in [0.29, 0.717) is 31.2 Å². The van der Waals surface area contributed by atoms with Gasteiger partial charge < -0.3 is 9.80 Å². The standard InChI is InChI=1S/C11H15ClN4O2/c1-9(17)14-3-2-4-15(6-5-14)11(18)16-8-10(12)7-13-16/h7-8H,2-6H2,1H3. The number of carbonyl (C=O) groups excluding carboxylic acids is 2. The van der Waals surface area contributed by atoms with Gasteiger partial charge in [-0.3, -0.25) is 4.79 Å². The third-order valence-corrected chi connectivity index (χ3v) is 3.15. The van der Waals surface area contributed by atoms with Gasteiger partial charge in [-0.15, -0.1) is 0 Å². The molecule has 0 N–H and O–H groups in total. The molecular formula is C11H15ClN4O2. The second kappa shape index (κ2) is 5.39. The fourth-order valence-corrected chi connectivity index (χ4v) is 2.11. The van der Waals surface area contributed by atoms with Gasteiger partial charge in [0.05, 0.1) is 17.4 Å². The predicted octanol–water partition coefficient (Wildman–Crippen LogP) is 1.06. The van der Waals surface area contributed by atoms with Gasteiger partial charge in [-0.05, 0) is 6.42 Å². The minimum Gasteiger partial charge on any atom is -0.341 e.